The molecule has 19 heavy (non-hydrogen) atoms. The van der Waals surface area contributed by atoms with E-state index in [9.17, 15) is 4.79 Å². The number of carbonyl (C=O) groups excluding carboxylic acids is 1. The zero-order valence-corrected chi connectivity index (χ0v) is 12.4. The van der Waals surface area contributed by atoms with Gasteiger partial charge in [0.15, 0.2) is 0 Å². The van der Waals surface area contributed by atoms with Gasteiger partial charge in [-0.2, -0.15) is 0 Å². The Morgan fingerprint density at radius 2 is 1.89 bits per heavy atom. The van der Waals surface area contributed by atoms with Crippen LogP contribution in [0.15, 0.2) is 0 Å². The van der Waals surface area contributed by atoms with E-state index in [1.807, 2.05) is 20.8 Å². The fraction of sp³-hybridized carbons (Fsp3) is 0.929. The Bertz CT molecular complexity index is 343. The molecule has 2 rings (SSSR count). The summed E-state index contributed by atoms with van der Waals surface area (Å²) in [7, 11) is 1.75. The number of carbonyl (C=O) groups is 1. The summed E-state index contributed by atoms with van der Waals surface area (Å²) in [5.41, 5.74) is 5.80. The van der Waals surface area contributed by atoms with Gasteiger partial charge in [0.1, 0.15) is 5.60 Å². The van der Waals surface area contributed by atoms with Crippen LogP contribution in [0.1, 0.15) is 40.0 Å². The second kappa shape index (κ2) is 4.94. The number of hydrogen-bond donors (Lipinski definition) is 1. The molecule has 5 nitrogen and oxygen atoms in total. The first-order valence-electron chi connectivity index (χ1n) is 7.05. The molecule has 5 heteroatoms. The van der Waals surface area contributed by atoms with E-state index >= 15 is 0 Å². The maximum atomic E-state index is 12.0. The number of nitrogens with two attached hydrogens (primary N) is 1. The van der Waals surface area contributed by atoms with E-state index in [0.717, 1.165) is 19.3 Å². The van der Waals surface area contributed by atoms with E-state index in [-0.39, 0.29) is 23.7 Å². The van der Waals surface area contributed by atoms with E-state index in [4.69, 9.17) is 15.2 Å². The standard InChI is InChI=1S/C14H26N2O3/c1-13(2,3)19-12(17)16-7-5-14(6-8-16)10(15)9-11(14)18-4/h10-11H,5-9,15H2,1-4H3. The van der Waals surface area contributed by atoms with Gasteiger partial charge >= 0.3 is 6.09 Å². The van der Waals surface area contributed by atoms with Crippen molar-refractivity contribution in [1.29, 1.82) is 0 Å². The van der Waals surface area contributed by atoms with Gasteiger partial charge in [-0.15, -0.1) is 0 Å². The van der Waals surface area contributed by atoms with Crippen LogP contribution in [0.3, 0.4) is 0 Å². The molecule has 0 bridgehead atoms. The van der Waals surface area contributed by atoms with Crippen molar-refractivity contribution in [3.8, 4) is 0 Å². The number of ether oxygens (including phenoxy) is 2. The van der Waals surface area contributed by atoms with Gasteiger partial charge in [0.25, 0.3) is 0 Å². The highest BCUT2D eigenvalue weighted by Crippen LogP contribution is 2.49. The van der Waals surface area contributed by atoms with Crippen molar-refractivity contribution in [3.63, 3.8) is 0 Å². The zero-order valence-electron chi connectivity index (χ0n) is 12.4. The van der Waals surface area contributed by atoms with Crippen molar-refractivity contribution in [2.75, 3.05) is 20.2 Å². The molecule has 2 atom stereocenters. The zero-order chi connectivity index (χ0) is 14.3. The quantitative estimate of drug-likeness (QED) is 0.788. The van der Waals surface area contributed by atoms with Gasteiger partial charge in [-0.05, 0) is 40.0 Å². The summed E-state index contributed by atoms with van der Waals surface area (Å²) in [6.07, 6.45) is 2.79. The second-order valence-electron chi connectivity index (χ2n) is 6.77. The lowest BCUT2D eigenvalue weighted by atomic mass is 9.57. The Kier molecular flexibility index (Phi) is 3.80. The molecule has 0 aromatic rings. The van der Waals surface area contributed by atoms with Crippen molar-refractivity contribution in [2.24, 2.45) is 11.1 Å². The summed E-state index contributed by atoms with van der Waals surface area (Å²) in [6, 6.07) is 0.207. The highest BCUT2D eigenvalue weighted by atomic mass is 16.6. The average Bonchev–Trinajstić information content (AvgIpc) is 2.33. The second-order valence-corrected chi connectivity index (χ2v) is 6.77. The molecule has 110 valence electrons. The van der Waals surface area contributed by atoms with E-state index in [0.29, 0.717) is 13.1 Å². The largest absolute Gasteiger partial charge is 0.444 e. The molecule has 1 amide bonds. The van der Waals surface area contributed by atoms with E-state index in [1.54, 1.807) is 12.0 Å². The summed E-state index contributed by atoms with van der Waals surface area (Å²) in [4.78, 5) is 13.8. The summed E-state index contributed by atoms with van der Waals surface area (Å²) in [6.45, 7) is 7.09. The molecule has 1 heterocycles. The number of piperidine rings is 1. The van der Waals surface area contributed by atoms with Gasteiger partial charge in [-0.3, -0.25) is 0 Å². The number of hydrogen-bond acceptors (Lipinski definition) is 4. The average molecular weight is 270 g/mol. The molecule has 0 radical (unpaired) electrons. The fourth-order valence-corrected chi connectivity index (χ4v) is 3.23. The van der Waals surface area contributed by atoms with Crippen LogP contribution in [0, 0.1) is 5.41 Å². The predicted octanol–water partition coefficient (Wildman–Crippen LogP) is 1.75. The van der Waals surface area contributed by atoms with Crippen LogP contribution in [-0.2, 0) is 9.47 Å². The van der Waals surface area contributed by atoms with Crippen LogP contribution in [-0.4, -0.2) is 48.9 Å². The number of methoxy groups -OCH3 is 1. The number of nitrogens with zero attached hydrogens (tertiary/aromatic N) is 1. The topological polar surface area (TPSA) is 64.8 Å². The van der Waals surface area contributed by atoms with E-state index in [2.05, 4.69) is 0 Å². The normalized spacial score (nSPS) is 30.1. The van der Waals surface area contributed by atoms with Crippen molar-refractivity contribution in [1.82, 2.24) is 4.90 Å². The van der Waals surface area contributed by atoms with Crippen molar-refractivity contribution >= 4 is 6.09 Å². The first kappa shape index (κ1) is 14.6. The van der Waals surface area contributed by atoms with E-state index in [1.165, 1.54) is 0 Å². The molecule has 2 aliphatic rings. The van der Waals surface area contributed by atoms with Gasteiger partial charge in [0.2, 0.25) is 0 Å². The smallest absolute Gasteiger partial charge is 0.410 e. The SMILES string of the molecule is COC1CC(N)C12CCN(C(=O)OC(C)(C)C)CC2. The van der Waals surface area contributed by atoms with Crippen LogP contribution in [0.2, 0.25) is 0 Å². The first-order valence-corrected chi connectivity index (χ1v) is 7.05. The minimum absolute atomic E-state index is 0.0766. The van der Waals surface area contributed by atoms with Crippen LogP contribution in [0.5, 0.6) is 0 Å². The molecule has 2 unspecified atom stereocenters. The molecule has 2 fully saturated rings. The molecule has 0 aromatic heterocycles. The summed E-state index contributed by atoms with van der Waals surface area (Å²) >= 11 is 0. The summed E-state index contributed by atoms with van der Waals surface area (Å²) in [5, 5.41) is 0. The first-order chi connectivity index (χ1) is 8.78. The molecular weight excluding hydrogens is 244 g/mol. The fourth-order valence-electron chi connectivity index (χ4n) is 3.23. The Morgan fingerprint density at radius 1 is 1.32 bits per heavy atom. The van der Waals surface area contributed by atoms with Gasteiger partial charge in [-0.25, -0.2) is 4.79 Å². The van der Waals surface area contributed by atoms with Crippen molar-refractivity contribution in [3.05, 3.63) is 0 Å². The lowest BCUT2D eigenvalue weighted by Crippen LogP contribution is -2.65. The molecular formula is C14H26N2O3. The molecule has 1 spiro atoms. The number of likely N-dealkylation sites (tertiary alicyclic amines) is 1. The summed E-state index contributed by atoms with van der Waals surface area (Å²) in [5.74, 6) is 0. The highest BCUT2D eigenvalue weighted by molar-refractivity contribution is 5.68. The minimum Gasteiger partial charge on any atom is -0.444 e. The maximum Gasteiger partial charge on any atom is 0.410 e. The molecule has 1 aliphatic heterocycles. The molecule has 1 aliphatic carbocycles. The number of amides is 1. The summed E-state index contributed by atoms with van der Waals surface area (Å²) < 4.78 is 10.9. The van der Waals surface area contributed by atoms with Crippen LogP contribution in [0.25, 0.3) is 0 Å². The molecule has 1 saturated heterocycles. The number of rotatable bonds is 1. The van der Waals surface area contributed by atoms with Gasteiger partial charge in [-0.1, -0.05) is 0 Å². The van der Waals surface area contributed by atoms with Gasteiger partial charge in [0.05, 0.1) is 6.10 Å². The Hall–Kier alpha value is -0.810. The molecule has 2 N–H and O–H groups in total. The lowest BCUT2D eigenvalue weighted by molar-refractivity contribution is -0.134. The monoisotopic (exact) mass is 270 g/mol. The molecule has 0 aromatic carbocycles. The minimum atomic E-state index is -0.436. The van der Waals surface area contributed by atoms with Gasteiger partial charge < -0.3 is 20.1 Å². The Morgan fingerprint density at radius 3 is 2.32 bits per heavy atom. The highest BCUT2D eigenvalue weighted by Gasteiger charge is 2.55. The van der Waals surface area contributed by atoms with E-state index < -0.39 is 5.60 Å². The van der Waals surface area contributed by atoms with Crippen LogP contribution >= 0.6 is 0 Å². The Labute approximate surface area is 115 Å². The third kappa shape index (κ3) is 2.72. The predicted molar refractivity (Wildman–Crippen MR) is 72.9 cm³/mol. The van der Waals surface area contributed by atoms with Crippen molar-refractivity contribution in [2.45, 2.75) is 57.8 Å². The maximum absolute atomic E-state index is 12.0. The lowest BCUT2D eigenvalue weighted by Gasteiger charge is -2.57. The third-order valence-electron chi connectivity index (χ3n) is 4.48. The molecule has 1 saturated carbocycles. The van der Waals surface area contributed by atoms with Crippen molar-refractivity contribution < 1.29 is 14.3 Å². The Balaban J connectivity index is 1.91. The van der Waals surface area contributed by atoms with Crippen LogP contribution < -0.4 is 5.73 Å². The van der Waals surface area contributed by atoms with Crippen LogP contribution in [0.4, 0.5) is 4.79 Å². The third-order valence-corrected chi connectivity index (χ3v) is 4.48. The van der Waals surface area contributed by atoms with Gasteiger partial charge in [0, 0.05) is 31.7 Å².